The van der Waals surface area contributed by atoms with Crippen molar-refractivity contribution in [1.29, 1.82) is 0 Å². The van der Waals surface area contributed by atoms with Gasteiger partial charge in [-0.25, -0.2) is 0 Å². The van der Waals surface area contributed by atoms with Crippen LogP contribution in [0.3, 0.4) is 0 Å². The first-order valence-corrected chi connectivity index (χ1v) is 6.79. The van der Waals surface area contributed by atoms with Crippen LogP contribution in [0, 0.1) is 5.92 Å². The first kappa shape index (κ1) is 13.3. The molecular formula is C13H26N2O2. The molecule has 0 unspecified atom stereocenters. The third-order valence-corrected chi connectivity index (χ3v) is 3.59. The van der Waals surface area contributed by atoms with Gasteiger partial charge in [0, 0.05) is 32.8 Å². The topological polar surface area (TPSA) is 33.7 Å². The van der Waals surface area contributed by atoms with Crippen LogP contribution in [0.4, 0.5) is 0 Å². The highest BCUT2D eigenvalue weighted by Crippen LogP contribution is 2.28. The van der Waals surface area contributed by atoms with Crippen LogP contribution in [0.25, 0.3) is 0 Å². The van der Waals surface area contributed by atoms with Gasteiger partial charge < -0.3 is 19.7 Å². The second-order valence-electron chi connectivity index (χ2n) is 5.72. The molecule has 1 saturated heterocycles. The number of likely N-dealkylation sites (N-methyl/N-ethyl adjacent to an activating group) is 1. The SMILES string of the molecule is CN(CCOCC1CC1)CCOC1(C)CNC1. The molecule has 17 heavy (non-hydrogen) atoms. The van der Waals surface area contributed by atoms with E-state index in [-0.39, 0.29) is 5.60 Å². The van der Waals surface area contributed by atoms with Crippen molar-refractivity contribution < 1.29 is 9.47 Å². The fraction of sp³-hybridized carbons (Fsp3) is 1.00. The van der Waals surface area contributed by atoms with E-state index < -0.39 is 0 Å². The average molecular weight is 242 g/mol. The molecule has 2 aliphatic rings. The van der Waals surface area contributed by atoms with E-state index in [1.807, 2.05) is 0 Å². The number of hydrogen-bond acceptors (Lipinski definition) is 4. The molecule has 1 aliphatic carbocycles. The van der Waals surface area contributed by atoms with Gasteiger partial charge in [0.2, 0.25) is 0 Å². The molecule has 1 saturated carbocycles. The van der Waals surface area contributed by atoms with Gasteiger partial charge in [-0.2, -0.15) is 0 Å². The van der Waals surface area contributed by atoms with Gasteiger partial charge in [-0.15, -0.1) is 0 Å². The van der Waals surface area contributed by atoms with Gasteiger partial charge in [0.1, 0.15) is 0 Å². The fourth-order valence-corrected chi connectivity index (χ4v) is 1.89. The largest absolute Gasteiger partial charge is 0.380 e. The zero-order valence-electron chi connectivity index (χ0n) is 11.2. The molecule has 0 aromatic rings. The Kier molecular flexibility index (Phi) is 4.79. The maximum absolute atomic E-state index is 5.85. The van der Waals surface area contributed by atoms with Crippen LogP contribution in [0.2, 0.25) is 0 Å². The summed E-state index contributed by atoms with van der Waals surface area (Å²) in [5, 5.41) is 3.24. The molecule has 1 heterocycles. The van der Waals surface area contributed by atoms with Gasteiger partial charge in [0.15, 0.2) is 0 Å². The van der Waals surface area contributed by atoms with Crippen LogP contribution in [-0.4, -0.2) is 63.5 Å². The van der Waals surface area contributed by atoms with Crippen LogP contribution in [0.1, 0.15) is 19.8 Å². The molecule has 0 bridgehead atoms. The molecule has 2 fully saturated rings. The van der Waals surface area contributed by atoms with Crippen molar-refractivity contribution in [2.24, 2.45) is 5.92 Å². The molecule has 0 radical (unpaired) electrons. The monoisotopic (exact) mass is 242 g/mol. The minimum absolute atomic E-state index is 0.0866. The summed E-state index contributed by atoms with van der Waals surface area (Å²) in [6.07, 6.45) is 2.74. The molecule has 0 amide bonds. The quantitative estimate of drug-likeness (QED) is 0.604. The van der Waals surface area contributed by atoms with E-state index in [0.29, 0.717) is 0 Å². The Morgan fingerprint density at radius 3 is 2.53 bits per heavy atom. The number of nitrogens with zero attached hydrogens (tertiary/aromatic N) is 1. The molecule has 0 atom stereocenters. The average Bonchev–Trinajstić information content (AvgIpc) is 3.06. The maximum Gasteiger partial charge on any atom is 0.0902 e. The Hall–Kier alpha value is -0.160. The van der Waals surface area contributed by atoms with E-state index in [0.717, 1.165) is 51.9 Å². The summed E-state index contributed by atoms with van der Waals surface area (Å²) in [6.45, 7) is 8.77. The molecular weight excluding hydrogens is 216 g/mol. The summed E-state index contributed by atoms with van der Waals surface area (Å²) < 4.78 is 11.5. The third kappa shape index (κ3) is 4.92. The molecule has 4 nitrogen and oxygen atoms in total. The number of ether oxygens (including phenoxy) is 2. The van der Waals surface area contributed by atoms with Crippen LogP contribution in [-0.2, 0) is 9.47 Å². The molecule has 100 valence electrons. The summed E-state index contributed by atoms with van der Waals surface area (Å²) in [4.78, 5) is 2.28. The zero-order chi connectivity index (χ0) is 12.1. The summed E-state index contributed by atoms with van der Waals surface area (Å²) >= 11 is 0. The first-order valence-electron chi connectivity index (χ1n) is 6.79. The summed E-state index contributed by atoms with van der Waals surface area (Å²) in [6, 6.07) is 0. The van der Waals surface area contributed by atoms with Crippen molar-refractivity contribution >= 4 is 0 Å². The fourth-order valence-electron chi connectivity index (χ4n) is 1.89. The van der Waals surface area contributed by atoms with E-state index in [1.165, 1.54) is 12.8 Å². The summed E-state index contributed by atoms with van der Waals surface area (Å²) in [5.74, 6) is 0.870. The van der Waals surface area contributed by atoms with Crippen molar-refractivity contribution in [3.8, 4) is 0 Å². The van der Waals surface area contributed by atoms with E-state index in [1.54, 1.807) is 0 Å². The molecule has 1 N–H and O–H groups in total. The standard InChI is InChI=1S/C13H26N2O2/c1-13(10-14-11-13)17-8-6-15(2)5-7-16-9-12-3-4-12/h12,14H,3-11H2,1-2H3. The Morgan fingerprint density at radius 1 is 1.24 bits per heavy atom. The van der Waals surface area contributed by atoms with E-state index in [4.69, 9.17) is 9.47 Å². The van der Waals surface area contributed by atoms with Crippen LogP contribution in [0.15, 0.2) is 0 Å². The Balaban J connectivity index is 1.41. The van der Waals surface area contributed by atoms with Crippen molar-refractivity contribution in [1.82, 2.24) is 10.2 Å². The second-order valence-corrected chi connectivity index (χ2v) is 5.72. The first-order chi connectivity index (χ1) is 8.18. The maximum atomic E-state index is 5.85. The number of hydrogen-bond donors (Lipinski definition) is 1. The number of nitrogens with one attached hydrogen (secondary N) is 1. The molecule has 0 aromatic carbocycles. The van der Waals surface area contributed by atoms with Crippen LogP contribution < -0.4 is 5.32 Å². The lowest BCUT2D eigenvalue weighted by Crippen LogP contribution is -2.59. The van der Waals surface area contributed by atoms with Gasteiger partial charge in [0.05, 0.1) is 18.8 Å². The van der Waals surface area contributed by atoms with Gasteiger partial charge in [-0.1, -0.05) is 0 Å². The van der Waals surface area contributed by atoms with Gasteiger partial charge in [-0.05, 0) is 32.7 Å². The Morgan fingerprint density at radius 2 is 1.94 bits per heavy atom. The zero-order valence-corrected chi connectivity index (χ0v) is 11.2. The Labute approximate surface area is 105 Å². The minimum atomic E-state index is 0.0866. The molecule has 0 spiro atoms. The highest BCUT2D eigenvalue weighted by atomic mass is 16.5. The van der Waals surface area contributed by atoms with Crippen LogP contribution >= 0.6 is 0 Å². The van der Waals surface area contributed by atoms with Crippen molar-refractivity contribution in [3.63, 3.8) is 0 Å². The molecule has 1 aliphatic heterocycles. The summed E-state index contributed by atoms with van der Waals surface area (Å²) in [5.41, 5.74) is 0.0866. The highest BCUT2D eigenvalue weighted by Gasteiger charge is 2.32. The van der Waals surface area contributed by atoms with E-state index in [9.17, 15) is 0 Å². The predicted octanol–water partition coefficient (Wildman–Crippen LogP) is 0.723. The Bertz CT molecular complexity index is 227. The van der Waals surface area contributed by atoms with Crippen molar-refractivity contribution in [3.05, 3.63) is 0 Å². The molecule has 0 aromatic heterocycles. The van der Waals surface area contributed by atoms with Crippen molar-refractivity contribution in [2.75, 3.05) is 53.0 Å². The lowest BCUT2D eigenvalue weighted by Gasteiger charge is -2.39. The summed E-state index contributed by atoms with van der Waals surface area (Å²) in [7, 11) is 2.13. The van der Waals surface area contributed by atoms with Crippen LogP contribution in [0.5, 0.6) is 0 Å². The van der Waals surface area contributed by atoms with E-state index in [2.05, 4.69) is 24.2 Å². The third-order valence-electron chi connectivity index (χ3n) is 3.59. The lowest BCUT2D eigenvalue weighted by atomic mass is 10.0. The molecule has 2 rings (SSSR count). The second kappa shape index (κ2) is 6.14. The van der Waals surface area contributed by atoms with Crippen molar-refractivity contribution in [2.45, 2.75) is 25.4 Å². The number of rotatable bonds is 9. The lowest BCUT2D eigenvalue weighted by molar-refractivity contribution is -0.0716. The smallest absolute Gasteiger partial charge is 0.0902 e. The van der Waals surface area contributed by atoms with Gasteiger partial charge in [0.25, 0.3) is 0 Å². The van der Waals surface area contributed by atoms with E-state index >= 15 is 0 Å². The van der Waals surface area contributed by atoms with Gasteiger partial charge in [-0.3, -0.25) is 0 Å². The van der Waals surface area contributed by atoms with Gasteiger partial charge >= 0.3 is 0 Å². The predicted molar refractivity (Wildman–Crippen MR) is 68.3 cm³/mol. The minimum Gasteiger partial charge on any atom is -0.380 e. The highest BCUT2D eigenvalue weighted by molar-refractivity contribution is 4.90. The normalized spacial score (nSPS) is 22.8. The molecule has 4 heteroatoms.